The molecule has 2 nitrogen and oxygen atoms in total. The fraction of sp³-hybridized carbons (Fsp3) is 1.00. The van der Waals surface area contributed by atoms with Gasteiger partial charge in [-0.2, -0.15) is 0 Å². The summed E-state index contributed by atoms with van der Waals surface area (Å²) in [4.78, 5) is 0. The summed E-state index contributed by atoms with van der Waals surface area (Å²) in [5.74, 6) is 0.749. The Bertz CT molecular complexity index is 195. The van der Waals surface area contributed by atoms with Crippen LogP contribution in [0.2, 0.25) is 0 Å². The standard InChI is InChI=1S/C15H32N2/c1-5-15(8-6-7-9-15)12-17-14(4)11-16-10-13(2)3/h13-14,16-17H,5-12H2,1-4H3. The first kappa shape index (κ1) is 15.0. The molecule has 0 aromatic carbocycles. The van der Waals surface area contributed by atoms with Gasteiger partial charge < -0.3 is 10.6 Å². The van der Waals surface area contributed by atoms with E-state index in [1.807, 2.05) is 0 Å². The first-order valence-electron chi connectivity index (χ1n) is 7.52. The van der Waals surface area contributed by atoms with Crippen molar-refractivity contribution in [3.63, 3.8) is 0 Å². The first-order valence-corrected chi connectivity index (χ1v) is 7.52. The van der Waals surface area contributed by atoms with Gasteiger partial charge in [-0.3, -0.25) is 0 Å². The van der Waals surface area contributed by atoms with Crippen molar-refractivity contribution in [1.29, 1.82) is 0 Å². The second-order valence-corrected chi connectivity index (χ2v) is 6.39. The van der Waals surface area contributed by atoms with E-state index in [-0.39, 0.29) is 0 Å². The van der Waals surface area contributed by atoms with Crippen LogP contribution in [-0.2, 0) is 0 Å². The maximum Gasteiger partial charge on any atom is 0.0164 e. The van der Waals surface area contributed by atoms with Gasteiger partial charge in [0.25, 0.3) is 0 Å². The van der Waals surface area contributed by atoms with Crippen LogP contribution in [0.15, 0.2) is 0 Å². The number of nitrogens with one attached hydrogen (secondary N) is 2. The molecule has 0 amide bonds. The van der Waals surface area contributed by atoms with Crippen LogP contribution >= 0.6 is 0 Å². The summed E-state index contributed by atoms with van der Waals surface area (Å²) in [7, 11) is 0. The van der Waals surface area contributed by atoms with Crippen molar-refractivity contribution >= 4 is 0 Å². The van der Waals surface area contributed by atoms with Crippen LogP contribution in [0.3, 0.4) is 0 Å². The van der Waals surface area contributed by atoms with E-state index in [0.717, 1.165) is 19.0 Å². The van der Waals surface area contributed by atoms with Gasteiger partial charge in [-0.25, -0.2) is 0 Å². The number of rotatable bonds is 8. The third-order valence-corrected chi connectivity index (χ3v) is 4.24. The molecule has 1 saturated carbocycles. The summed E-state index contributed by atoms with van der Waals surface area (Å²) in [5, 5.41) is 7.26. The Kier molecular flexibility index (Phi) is 6.50. The highest BCUT2D eigenvalue weighted by Crippen LogP contribution is 2.40. The predicted octanol–water partition coefficient (Wildman–Crippen LogP) is 3.18. The van der Waals surface area contributed by atoms with Crippen LogP contribution < -0.4 is 10.6 Å². The van der Waals surface area contributed by atoms with E-state index in [4.69, 9.17) is 0 Å². The van der Waals surface area contributed by atoms with Gasteiger partial charge in [0, 0.05) is 19.1 Å². The summed E-state index contributed by atoms with van der Waals surface area (Å²) >= 11 is 0. The molecule has 0 saturated heterocycles. The Morgan fingerprint density at radius 2 is 1.71 bits per heavy atom. The second-order valence-electron chi connectivity index (χ2n) is 6.39. The van der Waals surface area contributed by atoms with E-state index < -0.39 is 0 Å². The molecular formula is C15H32N2. The average Bonchev–Trinajstić information content (AvgIpc) is 2.75. The zero-order chi connectivity index (χ0) is 12.7. The molecular weight excluding hydrogens is 208 g/mol. The fourth-order valence-corrected chi connectivity index (χ4v) is 2.83. The summed E-state index contributed by atoms with van der Waals surface area (Å²) in [6.07, 6.45) is 7.09. The quantitative estimate of drug-likeness (QED) is 0.681. The Morgan fingerprint density at radius 3 is 2.24 bits per heavy atom. The molecule has 0 radical (unpaired) electrons. The lowest BCUT2D eigenvalue weighted by molar-refractivity contribution is 0.256. The van der Waals surface area contributed by atoms with Crippen molar-refractivity contribution in [1.82, 2.24) is 10.6 Å². The van der Waals surface area contributed by atoms with Crippen molar-refractivity contribution < 1.29 is 0 Å². The molecule has 2 heteroatoms. The van der Waals surface area contributed by atoms with Gasteiger partial charge in [0.2, 0.25) is 0 Å². The van der Waals surface area contributed by atoms with Gasteiger partial charge in [0.15, 0.2) is 0 Å². The zero-order valence-corrected chi connectivity index (χ0v) is 12.3. The van der Waals surface area contributed by atoms with Gasteiger partial charge >= 0.3 is 0 Å². The van der Waals surface area contributed by atoms with E-state index in [1.54, 1.807) is 0 Å². The van der Waals surface area contributed by atoms with Crippen LogP contribution in [-0.4, -0.2) is 25.7 Å². The maximum atomic E-state index is 3.73. The van der Waals surface area contributed by atoms with Crippen molar-refractivity contribution in [3.05, 3.63) is 0 Å². The van der Waals surface area contributed by atoms with E-state index in [1.165, 1.54) is 38.6 Å². The van der Waals surface area contributed by atoms with Crippen LogP contribution in [0.4, 0.5) is 0 Å². The normalized spacial score (nSPS) is 21.0. The lowest BCUT2D eigenvalue weighted by Crippen LogP contribution is -2.42. The maximum absolute atomic E-state index is 3.73. The molecule has 102 valence electrons. The molecule has 1 unspecified atom stereocenters. The van der Waals surface area contributed by atoms with Crippen LogP contribution in [0.1, 0.15) is 59.8 Å². The molecule has 1 atom stereocenters. The molecule has 0 bridgehead atoms. The van der Waals surface area contributed by atoms with Gasteiger partial charge in [-0.1, -0.05) is 33.6 Å². The minimum atomic E-state index is 0.595. The Hall–Kier alpha value is -0.0800. The smallest absolute Gasteiger partial charge is 0.0164 e. The van der Waals surface area contributed by atoms with E-state index in [9.17, 15) is 0 Å². The van der Waals surface area contributed by atoms with Gasteiger partial charge in [0.1, 0.15) is 0 Å². The molecule has 0 heterocycles. The first-order chi connectivity index (χ1) is 8.08. The Morgan fingerprint density at radius 1 is 1.06 bits per heavy atom. The topological polar surface area (TPSA) is 24.1 Å². The van der Waals surface area contributed by atoms with E-state index in [0.29, 0.717) is 11.5 Å². The predicted molar refractivity (Wildman–Crippen MR) is 76.4 cm³/mol. The zero-order valence-electron chi connectivity index (χ0n) is 12.3. The fourth-order valence-electron chi connectivity index (χ4n) is 2.83. The highest BCUT2D eigenvalue weighted by molar-refractivity contribution is 4.86. The largest absolute Gasteiger partial charge is 0.315 e. The van der Waals surface area contributed by atoms with Crippen molar-refractivity contribution in [2.75, 3.05) is 19.6 Å². The SMILES string of the molecule is CCC1(CNC(C)CNCC(C)C)CCCC1. The molecule has 17 heavy (non-hydrogen) atoms. The molecule has 2 N–H and O–H groups in total. The van der Waals surface area contributed by atoms with E-state index >= 15 is 0 Å². The summed E-state index contributed by atoms with van der Waals surface area (Å²) in [5.41, 5.74) is 0.617. The third kappa shape index (κ3) is 5.39. The van der Waals surface area contributed by atoms with Crippen molar-refractivity contribution in [3.8, 4) is 0 Å². The summed E-state index contributed by atoms with van der Waals surface area (Å²) in [6, 6.07) is 0.595. The highest BCUT2D eigenvalue weighted by atomic mass is 15.0. The second kappa shape index (κ2) is 7.38. The van der Waals surface area contributed by atoms with Crippen LogP contribution in [0.5, 0.6) is 0 Å². The molecule has 0 aromatic heterocycles. The molecule has 0 aromatic rings. The van der Waals surface area contributed by atoms with Crippen molar-refractivity contribution in [2.45, 2.75) is 65.8 Å². The molecule has 1 aliphatic carbocycles. The summed E-state index contributed by atoms with van der Waals surface area (Å²) < 4.78 is 0. The molecule has 1 aliphatic rings. The molecule has 0 spiro atoms. The van der Waals surface area contributed by atoms with Gasteiger partial charge in [-0.15, -0.1) is 0 Å². The number of hydrogen-bond donors (Lipinski definition) is 2. The van der Waals surface area contributed by atoms with Crippen LogP contribution in [0.25, 0.3) is 0 Å². The minimum absolute atomic E-state index is 0.595. The molecule has 1 rings (SSSR count). The monoisotopic (exact) mass is 240 g/mol. The molecule has 1 fully saturated rings. The Labute approximate surface area is 108 Å². The third-order valence-electron chi connectivity index (χ3n) is 4.24. The minimum Gasteiger partial charge on any atom is -0.315 e. The van der Waals surface area contributed by atoms with Gasteiger partial charge in [0.05, 0.1) is 0 Å². The average molecular weight is 240 g/mol. The number of hydrogen-bond acceptors (Lipinski definition) is 2. The van der Waals surface area contributed by atoms with Crippen molar-refractivity contribution in [2.24, 2.45) is 11.3 Å². The van der Waals surface area contributed by atoms with E-state index in [2.05, 4.69) is 38.3 Å². The lowest BCUT2D eigenvalue weighted by Gasteiger charge is -2.30. The highest BCUT2D eigenvalue weighted by Gasteiger charge is 2.31. The Balaban J connectivity index is 2.15. The summed E-state index contributed by atoms with van der Waals surface area (Å²) in [6.45, 7) is 12.6. The van der Waals surface area contributed by atoms with Gasteiger partial charge in [-0.05, 0) is 44.1 Å². The van der Waals surface area contributed by atoms with Crippen LogP contribution in [0, 0.1) is 11.3 Å². The molecule has 0 aliphatic heterocycles. The lowest BCUT2D eigenvalue weighted by atomic mass is 9.83.